The average Bonchev–Trinajstić information content (AvgIpc) is 3.05. The predicted molar refractivity (Wildman–Crippen MR) is 192 cm³/mol. The molecule has 1 aliphatic rings. The highest BCUT2D eigenvalue weighted by atomic mass is 32.2. The number of aliphatic carboxylic acids is 1. The van der Waals surface area contributed by atoms with Crippen LogP contribution in [0.15, 0.2) is 71.6 Å². The summed E-state index contributed by atoms with van der Waals surface area (Å²) >= 11 is 1.53. The number of thioether (sulfide) groups is 1. The molecule has 0 radical (unpaired) electrons. The number of sulfonamides is 1. The third-order valence-electron chi connectivity index (χ3n) is 9.21. The van der Waals surface area contributed by atoms with Gasteiger partial charge in [0.2, 0.25) is 10.0 Å². The lowest BCUT2D eigenvalue weighted by molar-refractivity contribution is -0.139. The summed E-state index contributed by atoms with van der Waals surface area (Å²) in [5, 5.41) is 12.5. The van der Waals surface area contributed by atoms with E-state index in [4.69, 9.17) is 0 Å². The van der Waals surface area contributed by atoms with E-state index in [2.05, 4.69) is 26.1 Å². The maximum absolute atomic E-state index is 14.2. The Hall–Kier alpha value is -3.14. The van der Waals surface area contributed by atoms with Crippen LogP contribution < -0.4 is 5.32 Å². The molecule has 0 heterocycles. The van der Waals surface area contributed by atoms with Gasteiger partial charge in [-0.15, -0.1) is 0 Å². The minimum atomic E-state index is -3.82. The molecule has 3 aromatic rings. The maximum atomic E-state index is 14.2. The minimum Gasteiger partial charge on any atom is -0.480 e. The summed E-state index contributed by atoms with van der Waals surface area (Å²) in [5.74, 6) is -0.434. The third-order valence-corrected chi connectivity index (χ3v) is 11.7. The first-order valence-corrected chi connectivity index (χ1v) is 19.5. The number of aryl methyl sites for hydroxylation is 1. The lowest BCUT2D eigenvalue weighted by Crippen LogP contribution is -2.41. The monoisotopic (exact) mass is 678 g/mol. The van der Waals surface area contributed by atoms with Gasteiger partial charge in [-0.2, -0.15) is 16.1 Å². The highest BCUT2D eigenvalue weighted by molar-refractivity contribution is 7.98. The molecule has 1 saturated carbocycles. The molecular weight excluding hydrogens is 629 g/mol. The van der Waals surface area contributed by atoms with E-state index in [1.54, 1.807) is 28.6 Å². The largest absolute Gasteiger partial charge is 0.480 e. The van der Waals surface area contributed by atoms with Crippen molar-refractivity contribution in [2.24, 2.45) is 5.92 Å². The van der Waals surface area contributed by atoms with E-state index in [9.17, 15) is 23.1 Å². The normalized spacial score (nSPS) is 15.0. The molecule has 0 saturated heterocycles. The summed E-state index contributed by atoms with van der Waals surface area (Å²) in [4.78, 5) is 25.8. The van der Waals surface area contributed by atoms with E-state index in [0.29, 0.717) is 35.8 Å². The Morgan fingerprint density at radius 1 is 0.979 bits per heavy atom. The Kier molecular flexibility index (Phi) is 12.7. The van der Waals surface area contributed by atoms with E-state index in [1.807, 2.05) is 55.6 Å². The van der Waals surface area contributed by atoms with Crippen molar-refractivity contribution in [3.05, 3.63) is 89.0 Å². The second-order valence-corrected chi connectivity index (χ2v) is 16.7. The van der Waals surface area contributed by atoms with Crippen molar-refractivity contribution in [2.75, 3.05) is 18.6 Å². The highest BCUT2D eigenvalue weighted by Gasteiger charge is 2.28. The van der Waals surface area contributed by atoms with Crippen molar-refractivity contribution in [1.29, 1.82) is 0 Å². The van der Waals surface area contributed by atoms with Crippen LogP contribution in [-0.4, -0.2) is 54.3 Å². The van der Waals surface area contributed by atoms with Crippen LogP contribution in [0.25, 0.3) is 11.1 Å². The Morgan fingerprint density at radius 3 is 2.28 bits per heavy atom. The molecule has 0 bridgehead atoms. The number of carboxylic acids is 1. The average molecular weight is 679 g/mol. The molecule has 0 spiro atoms. The third kappa shape index (κ3) is 9.71. The first-order valence-electron chi connectivity index (χ1n) is 16.6. The molecule has 9 heteroatoms. The number of carbonyl (C=O) groups is 2. The lowest BCUT2D eigenvalue weighted by atomic mass is 9.87. The fourth-order valence-electron chi connectivity index (χ4n) is 6.28. The van der Waals surface area contributed by atoms with Crippen molar-refractivity contribution in [3.8, 4) is 11.1 Å². The van der Waals surface area contributed by atoms with Crippen molar-refractivity contribution in [2.45, 2.75) is 95.5 Å². The molecular formula is C38H50N2O5S2. The van der Waals surface area contributed by atoms with Crippen LogP contribution in [0.5, 0.6) is 0 Å². The zero-order valence-corrected chi connectivity index (χ0v) is 30.1. The smallest absolute Gasteiger partial charge is 0.326 e. The summed E-state index contributed by atoms with van der Waals surface area (Å²) in [6, 6.07) is 19.3. The van der Waals surface area contributed by atoms with Crippen molar-refractivity contribution >= 4 is 33.7 Å². The van der Waals surface area contributed by atoms with Crippen molar-refractivity contribution in [1.82, 2.24) is 9.62 Å². The summed E-state index contributed by atoms with van der Waals surface area (Å²) in [5.41, 5.74) is 4.53. The Labute approximate surface area is 285 Å². The summed E-state index contributed by atoms with van der Waals surface area (Å²) in [6.45, 7) is 8.84. The second kappa shape index (κ2) is 16.3. The SMILES string of the molecule is CSCC[C@@H](NC(=O)c1ccc(CN(CCC2CCCCC2)S(=O)(=O)c2ccc(C(C)(C)C)cc2)cc1-c1ccccc1C)C(=O)O. The first kappa shape index (κ1) is 36.7. The van der Waals surface area contributed by atoms with Gasteiger partial charge in [0.1, 0.15) is 6.04 Å². The molecule has 47 heavy (non-hydrogen) atoms. The Bertz CT molecular complexity index is 1620. The van der Waals surface area contributed by atoms with Gasteiger partial charge < -0.3 is 10.4 Å². The highest BCUT2D eigenvalue weighted by Crippen LogP contribution is 2.32. The fourth-order valence-corrected chi connectivity index (χ4v) is 8.20. The number of hydrogen-bond acceptors (Lipinski definition) is 5. The molecule has 4 rings (SSSR count). The van der Waals surface area contributed by atoms with E-state index in [-0.39, 0.29) is 16.9 Å². The van der Waals surface area contributed by atoms with Gasteiger partial charge in [0.25, 0.3) is 5.91 Å². The van der Waals surface area contributed by atoms with E-state index in [0.717, 1.165) is 41.5 Å². The molecule has 1 aliphatic carbocycles. The fraction of sp³-hybridized carbons (Fsp3) is 0.474. The number of amides is 1. The van der Waals surface area contributed by atoms with Crippen LogP contribution in [0.3, 0.4) is 0 Å². The number of rotatable bonds is 14. The van der Waals surface area contributed by atoms with Crippen LogP contribution in [0, 0.1) is 12.8 Å². The van der Waals surface area contributed by atoms with Crippen molar-refractivity contribution < 1.29 is 23.1 Å². The summed E-state index contributed by atoms with van der Waals surface area (Å²) in [6.07, 6.45) is 8.89. The molecule has 0 aliphatic heterocycles. The van der Waals surface area contributed by atoms with Gasteiger partial charge in [-0.25, -0.2) is 13.2 Å². The van der Waals surface area contributed by atoms with Crippen molar-refractivity contribution in [3.63, 3.8) is 0 Å². The molecule has 2 N–H and O–H groups in total. The quantitative estimate of drug-likeness (QED) is 0.179. The van der Waals surface area contributed by atoms with E-state index >= 15 is 0 Å². The van der Waals surface area contributed by atoms with Gasteiger partial charge in [0, 0.05) is 18.7 Å². The molecule has 1 atom stereocenters. The van der Waals surface area contributed by atoms with Gasteiger partial charge in [-0.05, 0) is 95.2 Å². The standard InChI is InChI=1S/C38H50N2O5S2/c1-27-11-9-10-14-32(27)34-25-29(15-20-33(34)36(41)39-35(37(42)43)22-24-46-5)26-40(23-21-28-12-7-6-8-13-28)47(44,45)31-18-16-30(17-19-31)38(2,3)4/h9-11,14-20,25,28,35H,6-8,12-13,21-24,26H2,1-5H3,(H,39,41)(H,42,43)/t35-/m1/s1. The summed E-state index contributed by atoms with van der Waals surface area (Å²) in [7, 11) is -3.82. The van der Waals surface area contributed by atoms with E-state index < -0.39 is 27.9 Å². The molecule has 1 amide bonds. The van der Waals surface area contributed by atoms with Crippen LogP contribution in [0.1, 0.15) is 92.8 Å². The van der Waals surface area contributed by atoms with E-state index in [1.165, 1.54) is 31.0 Å². The van der Waals surface area contributed by atoms with Gasteiger partial charge in [-0.1, -0.05) is 95.3 Å². The van der Waals surface area contributed by atoms with Gasteiger partial charge in [0.05, 0.1) is 4.90 Å². The Balaban J connectivity index is 1.71. The van der Waals surface area contributed by atoms with Crippen LogP contribution >= 0.6 is 11.8 Å². The van der Waals surface area contributed by atoms with Crippen LogP contribution in [0.4, 0.5) is 0 Å². The van der Waals surface area contributed by atoms with Gasteiger partial charge in [0.15, 0.2) is 0 Å². The number of carboxylic acid groups (broad SMARTS) is 1. The van der Waals surface area contributed by atoms with Crippen LogP contribution in [-0.2, 0) is 26.8 Å². The molecule has 254 valence electrons. The zero-order chi connectivity index (χ0) is 34.2. The maximum Gasteiger partial charge on any atom is 0.326 e. The molecule has 7 nitrogen and oxygen atoms in total. The van der Waals surface area contributed by atoms with Crippen LogP contribution in [0.2, 0.25) is 0 Å². The lowest BCUT2D eigenvalue weighted by Gasteiger charge is -2.27. The number of nitrogens with zero attached hydrogens (tertiary/aromatic N) is 1. The Morgan fingerprint density at radius 2 is 1.66 bits per heavy atom. The van der Waals surface area contributed by atoms with Gasteiger partial charge >= 0.3 is 5.97 Å². The number of nitrogens with one attached hydrogen (secondary N) is 1. The minimum absolute atomic E-state index is 0.0948. The van der Waals surface area contributed by atoms with Gasteiger partial charge in [-0.3, -0.25) is 4.79 Å². The first-order chi connectivity index (χ1) is 22.3. The predicted octanol–water partition coefficient (Wildman–Crippen LogP) is 8.06. The second-order valence-electron chi connectivity index (χ2n) is 13.7. The number of benzene rings is 3. The number of hydrogen-bond donors (Lipinski definition) is 2. The topological polar surface area (TPSA) is 104 Å². The molecule has 0 unspecified atom stereocenters. The molecule has 0 aromatic heterocycles. The number of carbonyl (C=O) groups excluding carboxylic acids is 1. The summed E-state index contributed by atoms with van der Waals surface area (Å²) < 4.78 is 30.1. The molecule has 1 fully saturated rings. The zero-order valence-electron chi connectivity index (χ0n) is 28.4. The molecule has 3 aromatic carbocycles.